The van der Waals surface area contributed by atoms with E-state index in [1.165, 1.54) is 12.5 Å². The van der Waals surface area contributed by atoms with Crippen molar-refractivity contribution in [2.45, 2.75) is 6.42 Å². The fraction of sp³-hybridized carbons (Fsp3) is 0.118. The largest absolute Gasteiger partial charge is 0.343 e. The Labute approximate surface area is 141 Å². The fourth-order valence-corrected chi connectivity index (χ4v) is 2.78. The third-order valence-electron chi connectivity index (χ3n) is 4.00. The molecule has 124 valence electrons. The number of fused-ring (bicyclic) bond motifs is 2. The molecule has 0 aliphatic carbocycles. The maximum Gasteiger partial charge on any atom is 0.261 e. The number of carbonyl (C=O) groups excluding carboxylic acids is 3. The van der Waals surface area contributed by atoms with E-state index in [0.29, 0.717) is 28.0 Å². The smallest absolute Gasteiger partial charge is 0.261 e. The number of hydrogen-bond acceptors (Lipinski definition) is 5. The molecule has 0 saturated carbocycles. The summed E-state index contributed by atoms with van der Waals surface area (Å²) in [4.78, 5) is 48.7. The van der Waals surface area contributed by atoms with Crippen molar-refractivity contribution in [3.8, 4) is 0 Å². The quantitative estimate of drug-likeness (QED) is 0.704. The third kappa shape index (κ3) is 2.63. The number of amides is 3. The predicted octanol–water partition coefficient (Wildman–Crippen LogP) is 1.58. The molecule has 8 nitrogen and oxygen atoms in total. The monoisotopic (exact) mass is 335 g/mol. The van der Waals surface area contributed by atoms with Crippen molar-refractivity contribution in [1.29, 1.82) is 0 Å². The van der Waals surface area contributed by atoms with Crippen LogP contribution in [0.15, 0.2) is 42.9 Å². The summed E-state index contributed by atoms with van der Waals surface area (Å²) < 4.78 is 0. The molecule has 3 aromatic rings. The zero-order chi connectivity index (χ0) is 17.4. The number of benzene rings is 1. The van der Waals surface area contributed by atoms with Crippen LogP contribution in [0.2, 0.25) is 0 Å². The second-order valence-corrected chi connectivity index (χ2v) is 5.60. The fourth-order valence-electron chi connectivity index (χ4n) is 2.78. The number of nitrogens with zero attached hydrogens (tertiary/aromatic N) is 3. The topological polar surface area (TPSA) is 108 Å². The molecule has 0 saturated heterocycles. The number of imidazole rings is 1. The van der Waals surface area contributed by atoms with Gasteiger partial charge in [-0.15, -0.1) is 0 Å². The first kappa shape index (κ1) is 15.0. The lowest BCUT2D eigenvalue weighted by atomic mass is 10.1. The summed E-state index contributed by atoms with van der Waals surface area (Å²) in [6.07, 6.45) is 3.03. The lowest BCUT2D eigenvalue weighted by Gasteiger charge is -2.13. The molecule has 2 N–H and O–H groups in total. The first-order valence-corrected chi connectivity index (χ1v) is 7.68. The van der Waals surface area contributed by atoms with Gasteiger partial charge in [0.2, 0.25) is 5.91 Å². The summed E-state index contributed by atoms with van der Waals surface area (Å²) in [6, 6.07) is 8.36. The van der Waals surface area contributed by atoms with Crippen LogP contribution in [0.25, 0.3) is 11.2 Å². The van der Waals surface area contributed by atoms with E-state index in [2.05, 4.69) is 20.3 Å². The molecule has 1 aromatic carbocycles. The molecule has 1 aliphatic heterocycles. The number of nitrogens with one attached hydrogen (secondary N) is 2. The highest BCUT2D eigenvalue weighted by atomic mass is 16.2. The molecule has 0 radical (unpaired) electrons. The van der Waals surface area contributed by atoms with Crippen LogP contribution >= 0.6 is 0 Å². The molecular weight excluding hydrogens is 322 g/mol. The van der Waals surface area contributed by atoms with E-state index in [-0.39, 0.29) is 30.7 Å². The summed E-state index contributed by atoms with van der Waals surface area (Å²) in [5.74, 6) is -1.04. The van der Waals surface area contributed by atoms with Crippen LogP contribution in [-0.2, 0) is 4.79 Å². The summed E-state index contributed by atoms with van der Waals surface area (Å²) in [5, 5.41) is 2.70. The zero-order valence-electron chi connectivity index (χ0n) is 13.0. The predicted molar refractivity (Wildman–Crippen MR) is 88.9 cm³/mol. The van der Waals surface area contributed by atoms with Crippen molar-refractivity contribution in [1.82, 2.24) is 19.9 Å². The number of imide groups is 1. The molecule has 0 unspecified atom stereocenters. The minimum Gasteiger partial charge on any atom is -0.343 e. The molecule has 0 bridgehead atoms. The van der Waals surface area contributed by atoms with Gasteiger partial charge in [0.25, 0.3) is 11.8 Å². The molecule has 4 rings (SSSR count). The Morgan fingerprint density at radius 2 is 1.84 bits per heavy atom. The SMILES string of the molecule is O=C(CCN1C(=O)c2ccccc2C1=O)Nc1cnc2nc[nH]c2c1. The van der Waals surface area contributed by atoms with Gasteiger partial charge in [-0.3, -0.25) is 19.3 Å². The van der Waals surface area contributed by atoms with E-state index in [4.69, 9.17) is 0 Å². The second-order valence-electron chi connectivity index (χ2n) is 5.60. The minimum absolute atomic E-state index is 0.00643. The van der Waals surface area contributed by atoms with Gasteiger partial charge < -0.3 is 10.3 Å². The molecule has 0 spiro atoms. The van der Waals surface area contributed by atoms with Crippen LogP contribution in [0.1, 0.15) is 27.1 Å². The molecule has 8 heteroatoms. The molecule has 0 fully saturated rings. The second kappa shape index (κ2) is 5.82. The van der Waals surface area contributed by atoms with Crippen LogP contribution in [-0.4, -0.2) is 44.1 Å². The number of carbonyl (C=O) groups is 3. The molecule has 0 atom stereocenters. The highest BCUT2D eigenvalue weighted by Crippen LogP contribution is 2.22. The Kier molecular flexibility index (Phi) is 3.50. The first-order valence-electron chi connectivity index (χ1n) is 7.68. The van der Waals surface area contributed by atoms with Gasteiger partial charge in [0, 0.05) is 13.0 Å². The number of aromatic amines is 1. The van der Waals surface area contributed by atoms with Crippen LogP contribution in [0.5, 0.6) is 0 Å². The summed E-state index contributed by atoms with van der Waals surface area (Å²) in [6.45, 7) is 0.0257. The Hall–Kier alpha value is -3.55. The van der Waals surface area contributed by atoms with Gasteiger partial charge in [-0.1, -0.05) is 12.1 Å². The van der Waals surface area contributed by atoms with Crippen molar-refractivity contribution in [2.24, 2.45) is 0 Å². The van der Waals surface area contributed by atoms with Crippen LogP contribution in [0.4, 0.5) is 5.69 Å². The van der Waals surface area contributed by atoms with Gasteiger partial charge >= 0.3 is 0 Å². The van der Waals surface area contributed by atoms with Gasteiger partial charge in [0.1, 0.15) is 0 Å². The van der Waals surface area contributed by atoms with E-state index in [9.17, 15) is 14.4 Å². The summed E-state index contributed by atoms with van der Waals surface area (Å²) >= 11 is 0. The Morgan fingerprint density at radius 3 is 2.56 bits per heavy atom. The third-order valence-corrected chi connectivity index (χ3v) is 4.00. The van der Waals surface area contributed by atoms with Gasteiger partial charge in [0.05, 0.1) is 34.9 Å². The lowest BCUT2D eigenvalue weighted by Crippen LogP contribution is -2.32. The lowest BCUT2D eigenvalue weighted by molar-refractivity contribution is -0.116. The van der Waals surface area contributed by atoms with Gasteiger partial charge in [-0.25, -0.2) is 9.97 Å². The number of rotatable bonds is 4. The van der Waals surface area contributed by atoms with Crippen molar-refractivity contribution in [2.75, 3.05) is 11.9 Å². The maximum atomic E-state index is 12.2. The number of aromatic nitrogens is 3. The Bertz CT molecular complexity index is 975. The number of pyridine rings is 1. The number of H-pyrrole nitrogens is 1. The van der Waals surface area contributed by atoms with Crippen LogP contribution < -0.4 is 5.32 Å². The minimum atomic E-state index is -0.367. The van der Waals surface area contributed by atoms with Gasteiger partial charge in [0.15, 0.2) is 5.65 Å². The molecule has 3 heterocycles. The highest BCUT2D eigenvalue weighted by molar-refractivity contribution is 6.21. The Balaban J connectivity index is 1.41. The maximum absolute atomic E-state index is 12.2. The number of hydrogen-bond donors (Lipinski definition) is 2. The normalized spacial score (nSPS) is 13.4. The van der Waals surface area contributed by atoms with Crippen LogP contribution in [0, 0.1) is 0 Å². The van der Waals surface area contributed by atoms with Crippen molar-refractivity contribution in [3.63, 3.8) is 0 Å². The molecular formula is C17H13N5O3. The molecule has 3 amide bonds. The van der Waals surface area contributed by atoms with E-state index < -0.39 is 0 Å². The van der Waals surface area contributed by atoms with E-state index in [1.54, 1.807) is 30.3 Å². The molecule has 1 aliphatic rings. The van der Waals surface area contributed by atoms with E-state index in [1.807, 2.05) is 0 Å². The van der Waals surface area contributed by atoms with Crippen LogP contribution in [0.3, 0.4) is 0 Å². The average Bonchev–Trinajstić information content (AvgIpc) is 3.17. The van der Waals surface area contributed by atoms with Gasteiger partial charge in [-0.05, 0) is 18.2 Å². The number of anilines is 1. The van der Waals surface area contributed by atoms with Crippen molar-refractivity contribution < 1.29 is 14.4 Å². The highest BCUT2D eigenvalue weighted by Gasteiger charge is 2.34. The average molecular weight is 335 g/mol. The molecule has 2 aromatic heterocycles. The van der Waals surface area contributed by atoms with E-state index >= 15 is 0 Å². The standard InChI is InChI=1S/C17H13N5O3/c23-14(21-10-7-13-15(18-8-10)20-9-19-13)5-6-22-16(24)11-3-1-2-4-12(11)17(22)25/h1-4,7-9H,5-6H2,(H,21,23)(H,18,19,20). The molecule has 25 heavy (non-hydrogen) atoms. The van der Waals surface area contributed by atoms with Gasteiger partial charge in [-0.2, -0.15) is 0 Å². The zero-order valence-corrected chi connectivity index (χ0v) is 13.0. The van der Waals surface area contributed by atoms with Crippen molar-refractivity contribution >= 4 is 34.6 Å². The summed E-state index contributed by atoms with van der Waals surface area (Å²) in [5.41, 5.74) is 2.54. The Morgan fingerprint density at radius 1 is 1.12 bits per heavy atom. The van der Waals surface area contributed by atoms with E-state index in [0.717, 1.165) is 4.90 Å². The van der Waals surface area contributed by atoms with Crippen molar-refractivity contribution in [3.05, 3.63) is 54.0 Å². The summed E-state index contributed by atoms with van der Waals surface area (Å²) in [7, 11) is 0. The first-order chi connectivity index (χ1) is 12.1.